The summed E-state index contributed by atoms with van der Waals surface area (Å²) in [7, 11) is 1.65. The summed E-state index contributed by atoms with van der Waals surface area (Å²) in [5.74, 6) is 3.17. The van der Waals surface area contributed by atoms with Crippen LogP contribution in [-0.2, 0) is 6.54 Å². The van der Waals surface area contributed by atoms with Gasteiger partial charge in [-0.1, -0.05) is 36.4 Å². The highest BCUT2D eigenvalue weighted by molar-refractivity contribution is 5.76. The lowest BCUT2D eigenvalue weighted by atomic mass is 10.2. The third-order valence-corrected chi connectivity index (χ3v) is 4.99. The van der Waals surface area contributed by atoms with Crippen LogP contribution in [0.3, 0.4) is 0 Å². The van der Waals surface area contributed by atoms with E-state index in [9.17, 15) is 0 Å². The number of aromatic nitrogens is 2. The minimum atomic E-state index is -0.203. The predicted octanol–water partition coefficient (Wildman–Crippen LogP) is 5.57. The largest absolute Gasteiger partial charge is 0.493 e. The summed E-state index contributed by atoms with van der Waals surface area (Å²) in [5, 5.41) is 0. The van der Waals surface area contributed by atoms with E-state index in [2.05, 4.69) is 23.6 Å². The molecule has 0 saturated heterocycles. The van der Waals surface area contributed by atoms with Crippen molar-refractivity contribution in [1.82, 2.24) is 9.55 Å². The van der Waals surface area contributed by atoms with E-state index < -0.39 is 0 Å². The fourth-order valence-corrected chi connectivity index (χ4v) is 3.57. The Morgan fingerprint density at radius 2 is 1.70 bits per heavy atom. The fraction of sp³-hybridized carbons (Fsp3) is 0.240. The Morgan fingerprint density at radius 1 is 0.933 bits per heavy atom. The first-order valence-electron chi connectivity index (χ1n) is 10.1. The molecule has 3 aromatic carbocycles. The molecule has 30 heavy (non-hydrogen) atoms. The molecule has 0 aliphatic heterocycles. The molecule has 1 atom stereocenters. The van der Waals surface area contributed by atoms with Crippen molar-refractivity contribution in [2.75, 3.05) is 13.7 Å². The molecule has 0 bridgehead atoms. The number of hydrogen-bond acceptors (Lipinski definition) is 4. The molecule has 0 N–H and O–H groups in total. The van der Waals surface area contributed by atoms with Gasteiger partial charge in [0.1, 0.15) is 12.4 Å². The van der Waals surface area contributed by atoms with E-state index in [1.54, 1.807) is 7.11 Å². The average molecular weight is 402 g/mol. The minimum Gasteiger partial charge on any atom is -0.493 e. The SMILES string of the molecule is COc1ccccc1OCCn1c(C(C)Oc2cccc(C)c2)nc2ccccc21. The number of aryl methyl sites for hydroxylation is 1. The summed E-state index contributed by atoms with van der Waals surface area (Å²) in [5.41, 5.74) is 3.18. The van der Waals surface area contributed by atoms with Gasteiger partial charge in [0.2, 0.25) is 0 Å². The molecule has 4 aromatic rings. The molecule has 0 saturated carbocycles. The summed E-state index contributed by atoms with van der Waals surface area (Å²) in [6, 6.07) is 23.9. The summed E-state index contributed by atoms with van der Waals surface area (Å²) >= 11 is 0. The van der Waals surface area contributed by atoms with Gasteiger partial charge in [-0.05, 0) is 55.8 Å². The number of para-hydroxylation sites is 4. The maximum atomic E-state index is 6.21. The van der Waals surface area contributed by atoms with Crippen molar-refractivity contribution in [2.45, 2.75) is 26.5 Å². The van der Waals surface area contributed by atoms with Gasteiger partial charge in [0.25, 0.3) is 0 Å². The zero-order valence-electron chi connectivity index (χ0n) is 17.5. The van der Waals surface area contributed by atoms with Crippen molar-refractivity contribution in [3.05, 3.63) is 84.2 Å². The Morgan fingerprint density at radius 3 is 2.50 bits per heavy atom. The number of rotatable bonds is 8. The van der Waals surface area contributed by atoms with Crippen molar-refractivity contribution >= 4 is 11.0 Å². The smallest absolute Gasteiger partial charge is 0.161 e. The summed E-state index contributed by atoms with van der Waals surface area (Å²) < 4.78 is 19.8. The quantitative estimate of drug-likeness (QED) is 0.386. The molecule has 5 heteroatoms. The van der Waals surface area contributed by atoms with Gasteiger partial charge >= 0.3 is 0 Å². The molecule has 0 fully saturated rings. The Kier molecular flexibility index (Phi) is 5.89. The lowest BCUT2D eigenvalue weighted by Gasteiger charge is -2.17. The van der Waals surface area contributed by atoms with E-state index in [0.717, 1.165) is 34.1 Å². The Labute approximate surface area is 176 Å². The van der Waals surface area contributed by atoms with Crippen LogP contribution < -0.4 is 14.2 Å². The molecule has 5 nitrogen and oxygen atoms in total. The highest BCUT2D eigenvalue weighted by Gasteiger charge is 2.18. The van der Waals surface area contributed by atoms with Crippen LogP contribution in [0.5, 0.6) is 17.2 Å². The van der Waals surface area contributed by atoms with Crippen molar-refractivity contribution in [3.8, 4) is 17.2 Å². The Bertz CT molecular complexity index is 1140. The predicted molar refractivity (Wildman–Crippen MR) is 118 cm³/mol. The van der Waals surface area contributed by atoms with E-state index in [1.165, 1.54) is 5.56 Å². The molecule has 154 valence electrons. The number of imidazole rings is 1. The Hall–Kier alpha value is -3.47. The molecule has 4 rings (SSSR count). The van der Waals surface area contributed by atoms with Crippen LogP contribution in [0.4, 0.5) is 0 Å². The highest BCUT2D eigenvalue weighted by atomic mass is 16.5. The lowest BCUT2D eigenvalue weighted by Crippen LogP contribution is -2.16. The third kappa shape index (κ3) is 4.25. The second-order valence-corrected chi connectivity index (χ2v) is 7.19. The van der Waals surface area contributed by atoms with Crippen LogP contribution in [0, 0.1) is 6.92 Å². The highest BCUT2D eigenvalue weighted by Crippen LogP contribution is 2.28. The summed E-state index contributed by atoms with van der Waals surface area (Å²) in [6.45, 7) is 5.23. The number of benzene rings is 3. The van der Waals surface area contributed by atoms with Gasteiger partial charge in [-0.15, -0.1) is 0 Å². The first kappa shape index (κ1) is 19.8. The molecule has 1 heterocycles. The minimum absolute atomic E-state index is 0.203. The molecule has 0 spiro atoms. The number of hydrogen-bond donors (Lipinski definition) is 0. The molecular weight excluding hydrogens is 376 g/mol. The Balaban J connectivity index is 1.57. The first-order chi connectivity index (χ1) is 14.7. The van der Waals surface area contributed by atoms with Gasteiger partial charge in [-0.25, -0.2) is 4.98 Å². The van der Waals surface area contributed by atoms with Crippen molar-refractivity contribution in [2.24, 2.45) is 0 Å². The van der Waals surface area contributed by atoms with Crippen LogP contribution >= 0.6 is 0 Å². The van der Waals surface area contributed by atoms with Gasteiger partial charge < -0.3 is 18.8 Å². The molecule has 1 aromatic heterocycles. The molecule has 0 aliphatic rings. The topological polar surface area (TPSA) is 45.5 Å². The van der Waals surface area contributed by atoms with Crippen molar-refractivity contribution < 1.29 is 14.2 Å². The van der Waals surface area contributed by atoms with Crippen LogP contribution in [0.2, 0.25) is 0 Å². The van der Waals surface area contributed by atoms with E-state index in [-0.39, 0.29) is 6.10 Å². The van der Waals surface area contributed by atoms with Gasteiger partial charge in [-0.2, -0.15) is 0 Å². The summed E-state index contributed by atoms with van der Waals surface area (Å²) in [6.07, 6.45) is -0.203. The maximum Gasteiger partial charge on any atom is 0.161 e. The number of ether oxygens (including phenoxy) is 3. The van der Waals surface area contributed by atoms with Crippen molar-refractivity contribution in [3.63, 3.8) is 0 Å². The van der Waals surface area contributed by atoms with Crippen LogP contribution in [0.25, 0.3) is 11.0 Å². The van der Waals surface area contributed by atoms with E-state index in [1.807, 2.05) is 67.6 Å². The molecule has 0 radical (unpaired) electrons. The second-order valence-electron chi connectivity index (χ2n) is 7.19. The lowest BCUT2D eigenvalue weighted by molar-refractivity contribution is 0.207. The van der Waals surface area contributed by atoms with Crippen LogP contribution in [0.15, 0.2) is 72.8 Å². The zero-order valence-corrected chi connectivity index (χ0v) is 17.5. The van der Waals surface area contributed by atoms with Crippen molar-refractivity contribution in [1.29, 1.82) is 0 Å². The maximum absolute atomic E-state index is 6.21. The van der Waals surface area contributed by atoms with E-state index >= 15 is 0 Å². The van der Waals surface area contributed by atoms with E-state index in [0.29, 0.717) is 13.2 Å². The van der Waals surface area contributed by atoms with Crippen LogP contribution in [-0.4, -0.2) is 23.3 Å². The summed E-state index contributed by atoms with van der Waals surface area (Å²) in [4.78, 5) is 4.85. The van der Waals surface area contributed by atoms with Crippen LogP contribution in [0.1, 0.15) is 24.4 Å². The zero-order chi connectivity index (χ0) is 20.9. The number of methoxy groups -OCH3 is 1. The normalized spacial score (nSPS) is 12.0. The average Bonchev–Trinajstić information content (AvgIpc) is 3.13. The molecule has 1 unspecified atom stereocenters. The first-order valence-corrected chi connectivity index (χ1v) is 10.1. The fourth-order valence-electron chi connectivity index (χ4n) is 3.57. The molecule has 0 amide bonds. The second kappa shape index (κ2) is 8.91. The van der Waals surface area contributed by atoms with Gasteiger partial charge in [0.15, 0.2) is 23.4 Å². The third-order valence-electron chi connectivity index (χ3n) is 4.99. The number of nitrogens with zero attached hydrogens (tertiary/aromatic N) is 2. The molecular formula is C25H26N2O3. The van der Waals surface area contributed by atoms with E-state index in [4.69, 9.17) is 19.2 Å². The molecule has 0 aliphatic carbocycles. The van der Waals surface area contributed by atoms with Gasteiger partial charge in [0.05, 0.1) is 24.7 Å². The van der Waals surface area contributed by atoms with Gasteiger partial charge in [-0.3, -0.25) is 0 Å². The standard InChI is InChI=1S/C25H26N2O3/c1-18-9-8-10-20(17-18)30-19(2)25-26-21-11-4-5-12-22(21)27(25)15-16-29-24-14-7-6-13-23(24)28-3/h4-14,17,19H,15-16H2,1-3H3. The van der Waals surface area contributed by atoms with Gasteiger partial charge in [0, 0.05) is 0 Å². The number of fused-ring (bicyclic) bond motifs is 1. The monoisotopic (exact) mass is 402 g/mol.